The first-order chi connectivity index (χ1) is 14.3. The van der Waals surface area contributed by atoms with Crippen LogP contribution in [-0.2, 0) is 19.6 Å². The van der Waals surface area contributed by atoms with Crippen LogP contribution in [0, 0.1) is 0 Å². The van der Waals surface area contributed by atoms with Gasteiger partial charge in [0.25, 0.3) is 0 Å². The van der Waals surface area contributed by atoms with Gasteiger partial charge in [0.1, 0.15) is 12.7 Å². The fourth-order valence-electron chi connectivity index (χ4n) is 2.96. The maximum atomic E-state index is 12.3. The number of hydrogen-bond acceptors (Lipinski definition) is 5. The number of aromatic nitrogens is 6. The van der Waals surface area contributed by atoms with E-state index in [1.165, 1.54) is 6.33 Å². The summed E-state index contributed by atoms with van der Waals surface area (Å²) < 4.78 is 3.42. The van der Waals surface area contributed by atoms with Gasteiger partial charge in [-0.3, -0.25) is 4.68 Å². The zero-order chi connectivity index (χ0) is 19.9. The molecule has 0 aliphatic rings. The summed E-state index contributed by atoms with van der Waals surface area (Å²) >= 11 is 0. The minimum absolute atomic E-state index is 0.257. The Morgan fingerprint density at radius 3 is 2.45 bits per heavy atom. The highest BCUT2D eigenvalue weighted by molar-refractivity contribution is 5.74. The molecule has 3 aromatic heterocycles. The van der Waals surface area contributed by atoms with Crippen LogP contribution < -0.4 is 10.6 Å². The molecular formula is C20H20N8O. The lowest BCUT2D eigenvalue weighted by Gasteiger charge is -2.12. The average Bonchev–Trinajstić information content (AvgIpc) is 3.46. The van der Waals surface area contributed by atoms with E-state index in [2.05, 4.69) is 30.8 Å². The second-order valence-corrected chi connectivity index (χ2v) is 6.33. The number of nitrogens with one attached hydrogen (secondary N) is 2. The van der Waals surface area contributed by atoms with Crippen molar-refractivity contribution in [3.63, 3.8) is 0 Å². The summed E-state index contributed by atoms with van der Waals surface area (Å²) in [5.41, 5.74) is 2.99. The molecule has 9 nitrogen and oxygen atoms in total. The molecule has 0 atom stereocenters. The minimum atomic E-state index is -0.257. The van der Waals surface area contributed by atoms with E-state index < -0.39 is 0 Å². The molecule has 146 valence electrons. The van der Waals surface area contributed by atoms with Gasteiger partial charge in [-0.15, -0.1) is 0 Å². The molecule has 9 heteroatoms. The van der Waals surface area contributed by atoms with Crippen LogP contribution in [-0.4, -0.2) is 35.6 Å². The Bertz CT molecular complexity index is 1060. The second kappa shape index (κ2) is 8.79. The van der Waals surface area contributed by atoms with E-state index in [0.29, 0.717) is 25.5 Å². The zero-order valence-electron chi connectivity index (χ0n) is 15.6. The first kappa shape index (κ1) is 18.4. The summed E-state index contributed by atoms with van der Waals surface area (Å²) in [4.78, 5) is 20.6. The molecule has 4 aromatic rings. The Balaban J connectivity index is 1.35. The number of rotatable bonds is 7. The molecule has 3 heterocycles. The van der Waals surface area contributed by atoms with Crippen LogP contribution in [0.5, 0.6) is 0 Å². The molecule has 0 fully saturated rings. The average molecular weight is 388 g/mol. The highest BCUT2D eigenvalue weighted by atomic mass is 16.2. The number of urea groups is 1. The van der Waals surface area contributed by atoms with Crippen LogP contribution in [0.4, 0.5) is 4.79 Å². The molecule has 0 aliphatic heterocycles. The molecule has 2 amide bonds. The fraction of sp³-hybridized carbons (Fsp3) is 0.150. The molecule has 0 spiro atoms. The van der Waals surface area contributed by atoms with Crippen molar-refractivity contribution < 1.29 is 4.79 Å². The number of amides is 2. The summed E-state index contributed by atoms with van der Waals surface area (Å²) in [7, 11) is 0. The molecule has 2 N–H and O–H groups in total. The molecular weight excluding hydrogens is 368 g/mol. The second-order valence-electron chi connectivity index (χ2n) is 6.33. The van der Waals surface area contributed by atoms with Gasteiger partial charge in [0.2, 0.25) is 0 Å². The van der Waals surface area contributed by atoms with E-state index in [0.717, 1.165) is 16.7 Å². The Hall–Kier alpha value is -4.01. The van der Waals surface area contributed by atoms with E-state index >= 15 is 0 Å². The van der Waals surface area contributed by atoms with Crippen LogP contribution in [0.2, 0.25) is 0 Å². The normalized spacial score (nSPS) is 10.6. The molecule has 4 rings (SSSR count). The standard InChI is InChI=1S/C20H20N8O/c29-20(24-12-17-7-3-8-22-19(17)28-15-21-14-26-28)23-11-16-5-1-2-6-18(16)13-27-10-4-9-25-27/h1-10,14-15H,11-13H2,(H2,23,24,29). The van der Waals surface area contributed by atoms with Gasteiger partial charge in [0.15, 0.2) is 5.82 Å². The summed E-state index contributed by atoms with van der Waals surface area (Å²) in [5.74, 6) is 0.634. The van der Waals surface area contributed by atoms with Crippen LogP contribution in [0.3, 0.4) is 0 Å². The van der Waals surface area contributed by atoms with E-state index in [4.69, 9.17) is 0 Å². The molecule has 0 saturated heterocycles. The lowest BCUT2D eigenvalue weighted by Crippen LogP contribution is -2.35. The maximum absolute atomic E-state index is 12.3. The Labute approximate surface area is 167 Å². The first-order valence-electron chi connectivity index (χ1n) is 9.14. The van der Waals surface area contributed by atoms with Crippen LogP contribution in [0.25, 0.3) is 5.82 Å². The zero-order valence-corrected chi connectivity index (χ0v) is 15.6. The largest absolute Gasteiger partial charge is 0.334 e. The van der Waals surface area contributed by atoms with Gasteiger partial charge in [-0.2, -0.15) is 10.2 Å². The third-order valence-corrected chi connectivity index (χ3v) is 4.39. The van der Waals surface area contributed by atoms with E-state index in [1.54, 1.807) is 23.4 Å². The molecule has 29 heavy (non-hydrogen) atoms. The Morgan fingerprint density at radius 2 is 1.69 bits per heavy atom. The fourth-order valence-corrected chi connectivity index (χ4v) is 2.96. The molecule has 0 aliphatic carbocycles. The number of pyridine rings is 1. The molecule has 0 bridgehead atoms. The Morgan fingerprint density at radius 1 is 0.897 bits per heavy atom. The molecule has 0 unspecified atom stereocenters. The van der Waals surface area contributed by atoms with Crippen molar-refractivity contribution >= 4 is 6.03 Å². The van der Waals surface area contributed by atoms with Crippen molar-refractivity contribution in [1.29, 1.82) is 0 Å². The third kappa shape index (κ3) is 4.64. The van der Waals surface area contributed by atoms with Gasteiger partial charge in [-0.25, -0.2) is 19.4 Å². The summed E-state index contributed by atoms with van der Waals surface area (Å²) in [6.45, 7) is 1.40. The van der Waals surface area contributed by atoms with Crippen molar-refractivity contribution in [2.45, 2.75) is 19.6 Å². The van der Waals surface area contributed by atoms with E-state index in [1.807, 2.05) is 53.3 Å². The quantitative estimate of drug-likeness (QED) is 0.503. The van der Waals surface area contributed by atoms with Crippen molar-refractivity contribution in [3.8, 4) is 5.82 Å². The summed E-state index contributed by atoms with van der Waals surface area (Å²) in [6, 6.07) is 13.3. The SMILES string of the molecule is O=C(NCc1ccccc1Cn1cccn1)NCc1cccnc1-n1cncn1. The third-order valence-electron chi connectivity index (χ3n) is 4.39. The summed E-state index contributed by atoms with van der Waals surface area (Å²) in [5, 5.41) is 14.1. The highest BCUT2D eigenvalue weighted by Crippen LogP contribution is 2.11. The lowest BCUT2D eigenvalue weighted by atomic mass is 10.1. The van der Waals surface area contributed by atoms with Crippen molar-refractivity contribution in [3.05, 3.63) is 90.4 Å². The van der Waals surface area contributed by atoms with Gasteiger partial charge in [0, 0.05) is 37.2 Å². The van der Waals surface area contributed by atoms with Crippen LogP contribution in [0.1, 0.15) is 16.7 Å². The monoisotopic (exact) mass is 388 g/mol. The maximum Gasteiger partial charge on any atom is 0.315 e. The molecule has 0 radical (unpaired) electrons. The van der Waals surface area contributed by atoms with E-state index in [9.17, 15) is 4.79 Å². The lowest BCUT2D eigenvalue weighted by molar-refractivity contribution is 0.240. The van der Waals surface area contributed by atoms with Crippen LogP contribution >= 0.6 is 0 Å². The number of benzene rings is 1. The highest BCUT2D eigenvalue weighted by Gasteiger charge is 2.09. The van der Waals surface area contributed by atoms with Gasteiger partial charge < -0.3 is 10.6 Å². The van der Waals surface area contributed by atoms with Crippen molar-refractivity contribution in [2.75, 3.05) is 0 Å². The van der Waals surface area contributed by atoms with Crippen LogP contribution in [0.15, 0.2) is 73.7 Å². The smallest absolute Gasteiger partial charge is 0.315 e. The van der Waals surface area contributed by atoms with Gasteiger partial charge in [-0.05, 0) is 23.3 Å². The van der Waals surface area contributed by atoms with E-state index in [-0.39, 0.29) is 6.03 Å². The number of nitrogens with zero attached hydrogens (tertiary/aromatic N) is 6. The number of carbonyl (C=O) groups is 1. The topological polar surface area (TPSA) is 103 Å². The van der Waals surface area contributed by atoms with Gasteiger partial charge >= 0.3 is 6.03 Å². The van der Waals surface area contributed by atoms with Gasteiger partial charge in [-0.1, -0.05) is 30.3 Å². The predicted octanol–water partition coefficient (Wildman–Crippen LogP) is 1.91. The summed E-state index contributed by atoms with van der Waals surface area (Å²) in [6.07, 6.45) is 8.36. The number of carbonyl (C=O) groups excluding carboxylic acids is 1. The predicted molar refractivity (Wildman–Crippen MR) is 106 cm³/mol. The Kier molecular flexibility index (Phi) is 5.56. The van der Waals surface area contributed by atoms with Crippen molar-refractivity contribution in [2.24, 2.45) is 0 Å². The first-order valence-corrected chi connectivity index (χ1v) is 9.14. The number of hydrogen-bond donors (Lipinski definition) is 2. The molecule has 1 aromatic carbocycles. The minimum Gasteiger partial charge on any atom is -0.334 e. The molecule has 0 saturated carbocycles. The van der Waals surface area contributed by atoms with Gasteiger partial charge in [0.05, 0.1) is 6.54 Å². The van der Waals surface area contributed by atoms with Crippen molar-refractivity contribution in [1.82, 2.24) is 40.2 Å².